The van der Waals surface area contributed by atoms with E-state index in [9.17, 15) is 4.79 Å². The third-order valence-electron chi connectivity index (χ3n) is 4.93. The molecule has 1 aromatic heterocycles. The molecule has 3 aromatic rings. The maximum absolute atomic E-state index is 13.0. The predicted octanol–water partition coefficient (Wildman–Crippen LogP) is 5.73. The molecule has 0 amide bonds. The average Bonchev–Trinajstić information content (AvgIpc) is 2.95. The van der Waals surface area contributed by atoms with E-state index in [4.69, 9.17) is 16.7 Å². The van der Waals surface area contributed by atoms with E-state index in [0.717, 1.165) is 23.5 Å². The second-order valence-corrected chi connectivity index (χ2v) is 8.43. The molecule has 0 fully saturated rings. The van der Waals surface area contributed by atoms with Gasteiger partial charge < -0.3 is 5.32 Å². The highest BCUT2D eigenvalue weighted by Gasteiger charge is 2.36. The van der Waals surface area contributed by atoms with Crippen LogP contribution >= 0.6 is 11.6 Å². The van der Waals surface area contributed by atoms with Crippen LogP contribution in [0.5, 0.6) is 0 Å². The van der Waals surface area contributed by atoms with Crippen LogP contribution in [0.15, 0.2) is 48.5 Å². The molecule has 4 nitrogen and oxygen atoms in total. The SMILES string of the molecule is Cc1ccc(Nc2nn(-c3ccc(Cl)cc3)c3c2C(=O)CC(C)(C)C3)cc1. The van der Waals surface area contributed by atoms with Crippen LogP contribution < -0.4 is 5.32 Å². The van der Waals surface area contributed by atoms with Gasteiger partial charge in [0.1, 0.15) is 0 Å². The smallest absolute Gasteiger partial charge is 0.169 e. The molecule has 0 unspecified atom stereocenters. The molecule has 0 bridgehead atoms. The first-order chi connectivity index (χ1) is 12.8. The number of ketones is 1. The normalized spacial score (nSPS) is 15.5. The van der Waals surface area contributed by atoms with Crippen LogP contribution in [-0.4, -0.2) is 15.6 Å². The third-order valence-corrected chi connectivity index (χ3v) is 5.18. The van der Waals surface area contributed by atoms with Crippen molar-refractivity contribution in [1.82, 2.24) is 9.78 Å². The van der Waals surface area contributed by atoms with Crippen LogP contribution in [0.1, 0.15) is 41.9 Å². The average molecular weight is 380 g/mol. The minimum atomic E-state index is -0.0879. The van der Waals surface area contributed by atoms with Gasteiger partial charge >= 0.3 is 0 Å². The Bertz CT molecular complexity index is 1000. The number of aromatic nitrogens is 2. The summed E-state index contributed by atoms with van der Waals surface area (Å²) in [4.78, 5) is 13.0. The van der Waals surface area contributed by atoms with Crippen molar-refractivity contribution >= 4 is 28.9 Å². The summed E-state index contributed by atoms with van der Waals surface area (Å²) in [6.45, 7) is 6.30. The van der Waals surface area contributed by atoms with Gasteiger partial charge in [-0.3, -0.25) is 4.79 Å². The zero-order valence-electron chi connectivity index (χ0n) is 15.7. The standard InChI is InChI=1S/C22H22ClN3O/c1-14-4-8-16(9-5-14)24-21-20-18(12-22(2,3)13-19(20)27)26(25-21)17-10-6-15(23)7-11-17/h4-11H,12-13H2,1-3H3,(H,24,25). The topological polar surface area (TPSA) is 46.9 Å². The maximum Gasteiger partial charge on any atom is 0.169 e. The molecular weight excluding hydrogens is 358 g/mol. The van der Waals surface area contributed by atoms with Gasteiger partial charge in [-0.15, -0.1) is 5.10 Å². The van der Waals surface area contributed by atoms with E-state index in [1.54, 1.807) is 0 Å². The molecular formula is C22H22ClN3O. The fourth-order valence-electron chi connectivity index (χ4n) is 3.61. The Kier molecular flexibility index (Phi) is 4.31. The lowest BCUT2D eigenvalue weighted by molar-refractivity contribution is 0.0912. The molecule has 1 N–H and O–H groups in total. The summed E-state index contributed by atoms with van der Waals surface area (Å²) < 4.78 is 1.88. The number of nitrogens with one attached hydrogen (secondary N) is 1. The molecule has 0 saturated carbocycles. The molecule has 5 heteroatoms. The van der Waals surface area contributed by atoms with Gasteiger partial charge in [-0.25, -0.2) is 4.68 Å². The van der Waals surface area contributed by atoms with Crippen LogP contribution in [0, 0.1) is 12.3 Å². The number of benzene rings is 2. The Morgan fingerprint density at radius 1 is 1.04 bits per heavy atom. The van der Waals surface area contributed by atoms with Crippen LogP contribution in [0.25, 0.3) is 5.69 Å². The first-order valence-electron chi connectivity index (χ1n) is 9.07. The molecule has 0 atom stereocenters. The number of halogens is 1. The molecule has 1 aliphatic rings. The van der Waals surface area contributed by atoms with Crippen molar-refractivity contribution in [2.45, 2.75) is 33.6 Å². The summed E-state index contributed by atoms with van der Waals surface area (Å²) in [6, 6.07) is 15.6. The van der Waals surface area contributed by atoms with Gasteiger partial charge in [0.05, 0.1) is 16.9 Å². The van der Waals surface area contributed by atoms with Gasteiger partial charge in [0.2, 0.25) is 0 Å². The first kappa shape index (κ1) is 17.8. The molecule has 2 aromatic carbocycles. The number of carbonyl (C=O) groups excluding carboxylic acids is 1. The number of anilines is 2. The Morgan fingerprint density at radius 3 is 2.37 bits per heavy atom. The van der Waals surface area contributed by atoms with Crippen LogP contribution in [0.4, 0.5) is 11.5 Å². The molecule has 1 aliphatic carbocycles. The third kappa shape index (κ3) is 3.50. The zero-order valence-corrected chi connectivity index (χ0v) is 16.5. The van der Waals surface area contributed by atoms with Crippen molar-refractivity contribution in [2.24, 2.45) is 5.41 Å². The van der Waals surface area contributed by atoms with Crippen LogP contribution in [0.3, 0.4) is 0 Å². The molecule has 138 valence electrons. The van der Waals surface area contributed by atoms with Gasteiger partial charge in [0.15, 0.2) is 11.6 Å². The summed E-state index contributed by atoms with van der Waals surface area (Å²) in [7, 11) is 0. The maximum atomic E-state index is 13.0. The summed E-state index contributed by atoms with van der Waals surface area (Å²) in [6.07, 6.45) is 1.31. The number of Topliss-reactive ketones (excluding diaryl/α,β-unsaturated/α-hetero) is 1. The summed E-state index contributed by atoms with van der Waals surface area (Å²) in [5, 5.41) is 8.78. The van der Waals surface area contributed by atoms with E-state index in [0.29, 0.717) is 22.8 Å². The quantitative estimate of drug-likeness (QED) is 0.631. The van der Waals surface area contributed by atoms with Gasteiger partial charge in [-0.2, -0.15) is 0 Å². The van der Waals surface area contributed by atoms with Crippen molar-refractivity contribution in [3.63, 3.8) is 0 Å². The molecule has 0 radical (unpaired) electrons. The number of hydrogen-bond acceptors (Lipinski definition) is 3. The van der Waals surface area contributed by atoms with Crippen LogP contribution in [0.2, 0.25) is 5.02 Å². The minimum absolute atomic E-state index is 0.0879. The van der Waals surface area contributed by atoms with E-state index < -0.39 is 0 Å². The number of carbonyl (C=O) groups is 1. The van der Waals surface area contributed by atoms with Crippen molar-refractivity contribution < 1.29 is 4.79 Å². The number of fused-ring (bicyclic) bond motifs is 1. The fourth-order valence-corrected chi connectivity index (χ4v) is 3.73. The lowest BCUT2D eigenvalue weighted by atomic mass is 9.76. The fraction of sp³-hybridized carbons (Fsp3) is 0.273. The highest BCUT2D eigenvalue weighted by Crippen LogP contribution is 2.39. The highest BCUT2D eigenvalue weighted by molar-refractivity contribution is 6.30. The van der Waals surface area contributed by atoms with E-state index >= 15 is 0 Å². The lowest BCUT2D eigenvalue weighted by Gasteiger charge is -2.29. The molecule has 0 spiro atoms. The molecule has 1 heterocycles. The summed E-state index contributed by atoms with van der Waals surface area (Å²) in [5.74, 6) is 0.750. The van der Waals surface area contributed by atoms with Crippen LogP contribution in [-0.2, 0) is 6.42 Å². The lowest BCUT2D eigenvalue weighted by Crippen LogP contribution is -2.28. The summed E-state index contributed by atoms with van der Waals surface area (Å²) in [5.41, 5.74) is 4.57. The van der Waals surface area contributed by atoms with Crippen molar-refractivity contribution in [2.75, 3.05) is 5.32 Å². The number of rotatable bonds is 3. The molecule has 0 saturated heterocycles. The summed E-state index contributed by atoms with van der Waals surface area (Å²) >= 11 is 6.04. The predicted molar refractivity (Wildman–Crippen MR) is 109 cm³/mol. The van der Waals surface area contributed by atoms with Crippen molar-refractivity contribution in [3.05, 3.63) is 70.4 Å². The number of aryl methyl sites for hydroxylation is 1. The van der Waals surface area contributed by atoms with Crippen molar-refractivity contribution in [3.8, 4) is 5.69 Å². The van der Waals surface area contributed by atoms with E-state index in [-0.39, 0.29) is 11.2 Å². The second-order valence-electron chi connectivity index (χ2n) is 7.99. The van der Waals surface area contributed by atoms with Gasteiger partial charge in [-0.1, -0.05) is 43.1 Å². The monoisotopic (exact) mass is 379 g/mol. The number of nitrogens with zero attached hydrogens (tertiary/aromatic N) is 2. The zero-order chi connectivity index (χ0) is 19.2. The van der Waals surface area contributed by atoms with Gasteiger partial charge in [0.25, 0.3) is 0 Å². The first-order valence-corrected chi connectivity index (χ1v) is 9.45. The molecule has 4 rings (SSSR count). The van der Waals surface area contributed by atoms with E-state index in [2.05, 4.69) is 19.2 Å². The number of hydrogen-bond donors (Lipinski definition) is 1. The Hall–Kier alpha value is -2.59. The highest BCUT2D eigenvalue weighted by atomic mass is 35.5. The molecule has 0 aliphatic heterocycles. The Labute approximate surface area is 164 Å². The Morgan fingerprint density at radius 2 is 1.70 bits per heavy atom. The second kappa shape index (κ2) is 6.54. The molecule has 27 heavy (non-hydrogen) atoms. The van der Waals surface area contributed by atoms with E-state index in [1.165, 1.54) is 5.56 Å². The minimum Gasteiger partial charge on any atom is -0.338 e. The Balaban J connectivity index is 1.83. The van der Waals surface area contributed by atoms with Crippen molar-refractivity contribution in [1.29, 1.82) is 0 Å². The van der Waals surface area contributed by atoms with Gasteiger partial charge in [0, 0.05) is 17.1 Å². The van der Waals surface area contributed by atoms with E-state index in [1.807, 2.05) is 60.1 Å². The van der Waals surface area contributed by atoms with Gasteiger partial charge in [-0.05, 0) is 55.2 Å². The largest absolute Gasteiger partial charge is 0.338 e.